The van der Waals surface area contributed by atoms with Crippen molar-refractivity contribution < 1.29 is 14.3 Å². The van der Waals surface area contributed by atoms with Crippen molar-refractivity contribution in [2.75, 3.05) is 17.2 Å². The lowest BCUT2D eigenvalue weighted by Gasteiger charge is -2.32. The average molecular weight is 311 g/mol. The van der Waals surface area contributed by atoms with Gasteiger partial charge in [0.2, 0.25) is 0 Å². The zero-order valence-electron chi connectivity index (χ0n) is 12.7. The first-order valence-electron chi connectivity index (χ1n) is 7.43. The number of carbonyl (C=O) groups excluding carboxylic acids is 2. The zero-order chi connectivity index (χ0) is 16.4. The summed E-state index contributed by atoms with van der Waals surface area (Å²) in [4.78, 5) is 30.5. The number of ketones is 1. The molecule has 0 radical (unpaired) electrons. The van der Waals surface area contributed by atoms with Gasteiger partial charge in [-0.1, -0.05) is 37.3 Å². The Bertz CT molecular complexity index is 746. The van der Waals surface area contributed by atoms with Gasteiger partial charge in [0, 0.05) is 5.56 Å². The van der Waals surface area contributed by atoms with E-state index in [0.717, 1.165) is 0 Å². The quantitative estimate of drug-likeness (QED) is 0.873. The fourth-order valence-electron chi connectivity index (χ4n) is 2.49. The molecular weight excluding hydrogens is 294 g/mol. The predicted octanol–water partition coefficient (Wildman–Crippen LogP) is 2.05. The maximum Gasteiger partial charge on any atom is 0.269 e. The van der Waals surface area contributed by atoms with E-state index in [1.165, 1.54) is 4.90 Å². The van der Waals surface area contributed by atoms with Crippen LogP contribution in [0.4, 0.5) is 11.6 Å². The van der Waals surface area contributed by atoms with E-state index in [9.17, 15) is 9.59 Å². The third-order valence-corrected chi connectivity index (χ3v) is 3.70. The van der Waals surface area contributed by atoms with Gasteiger partial charge in [0.05, 0.1) is 6.54 Å². The fraction of sp³-hybridized carbons (Fsp3) is 0.235. The molecule has 2 heterocycles. The van der Waals surface area contributed by atoms with Crippen LogP contribution in [0.3, 0.4) is 0 Å². The summed E-state index contributed by atoms with van der Waals surface area (Å²) in [5.74, 6) is 0.594. The van der Waals surface area contributed by atoms with Gasteiger partial charge in [0.1, 0.15) is 5.82 Å². The first kappa shape index (κ1) is 15.0. The van der Waals surface area contributed by atoms with Crippen molar-refractivity contribution in [1.82, 2.24) is 4.98 Å². The van der Waals surface area contributed by atoms with Gasteiger partial charge in [0.25, 0.3) is 5.91 Å². The molecular formula is C17H17N3O3. The minimum atomic E-state index is -0.614. The summed E-state index contributed by atoms with van der Waals surface area (Å²) in [5.41, 5.74) is 6.26. The van der Waals surface area contributed by atoms with Crippen molar-refractivity contribution in [3.63, 3.8) is 0 Å². The van der Waals surface area contributed by atoms with Crippen LogP contribution in [0.2, 0.25) is 0 Å². The average Bonchev–Trinajstić information content (AvgIpc) is 2.58. The van der Waals surface area contributed by atoms with E-state index >= 15 is 0 Å². The highest BCUT2D eigenvalue weighted by molar-refractivity contribution is 6.07. The van der Waals surface area contributed by atoms with Crippen LogP contribution in [0.1, 0.15) is 23.7 Å². The number of hydrogen-bond acceptors (Lipinski definition) is 5. The smallest absolute Gasteiger partial charge is 0.269 e. The molecule has 118 valence electrons. The molecule has 1 amide bonds. The summed E-state index contributed by atoms with van der Waals surface area (Å²) in [6, 6.07) is 12.1. The van der Waals surface area contributed by atoms with Crippen LogP contribution in [-0.2, 0) is 4.79 Å². The number of anilines is 2. The number of carbonyl (C=O) groups is 2. The molecule has 0 bridgehead atoms. The molecule has 1 aromatic carbocycles. The van der Waals surface area contributed by atoms with Crippen molar-refractivity contribution >= 4 is 23.3 Å². The van der Waals surface area contributed by atoms with E-state index in [2.05, 4.69) is 4.98 Å². The van der Waals surface area contributed by atoms with Gasteiger partial charge in [-0.05, 0) is 18.6 Å². The molecule has 1 unspecified atom stereocenters. The van der Waals surface area contributed by atoms with E-state index in [4.69, 9.17) is 10.5 Å². The Hall–Kier alpha value is -2.89. The third-order valence-electron chi connectivity index (χ3n) is 3.70. The van der Waals surface area contributed by atoms with Crippen LogP contribution in [0, 0.1) is 0 Å². The van der Waals surface area contributed by atoms with Crippen LogP contribution in [0.5, 0.6) is 5.75 Å². The van der Waals surface area contributed by atoms with E-state index in [1.54, 1.807) is 36.4 Å². The number of nitrogen functional groups attached to an aromatic ring is 1. The number of rotatable bonds is 4. The Kier molecular flexibility index (Phi) is 3.97. The molecule has 1 aromatic heterocycles. The number of aromatic nitrogens is 1. The topological polar surface area (TPSA) is 85.5 Å². The van der Waals surface area contributed by atoms with Crippen molar-refractivity contribution in [3.8, 4) is 5.75 Å². The van der Waals surface area contributed by atoms with Crippen molar-refractivity contribution in [3.05, 3.63) is 48.0 Å². The lowest BCUT2D eigenvalue weighted by molar-refractivity contribution is -0.126. The minimum absolute atomic E-state index is 0.0911. The molecule has 0 spiro atoms. The molecule has 1 aliphatic heterocycles. The summed E-state index contributed by atoms with van der Waals surface area (Å²) in [7, 11) is 0. The Morgan fingerprint density at radius 3 is 2.70 bits per heavy atom. The summed E-state index contributed by atoms with van der Waals surface area (Å²) >= 11 is 0. The van der Waals surface area contributed by atoms with Gasteiger partial charge >= 0.3 is 0 Å². The highest BCUT2D eigenvalue weighted by Crippen LogP contribution is 2.33. The van der Waals surface area contributed by atoms with Gasteiger partial charge in [-0.2, -0.15) is 0 Å². The second-order valence-corrected chi connectivity index (χ2v) is 5.29. The second kappa shape index (κ2) is 6.08. The SMILES string of the molecule is CCC1Oc2ccc(N)nc2N(CC(=O)c2ccccc2)C1=O. The maximum atomic E-state index is 12.6. The normalized spacial score (nSPS) is 16.7. The van der Waals surface area contributed by atoms with Crippen LogP contribution >= 0.6 is 0 Å². The minimum Gasteiger partial charge on any atom is -0.477 e. The molecule has 0 saturated heterocycles. The van der Waals surface area contributed by atoms with Crippen molar-refractivity contribution in [2.24, 2.45) is 0 Å². The number of benzene rings is 1. The predicted molar refractivity (Wildman–Crippen MR) is 86.5 cm³/mol. The number of nitrogens with zero attached hydrogens (tertiary/aromatic N) is 2. The highest BCUT2D eigenvalue weighted by atomic mass is 16.5. The van der Waals surface area contributed by atoms with Crippen molar-refractivity contribution in [2.45, 2.75) is 19.4 Å². The molecule has 3 rings (SSSR count). The molecule has 2 aromatic rings. The molecule has 1 atom stereocenters. The molecule has 0 aliphatic carbocycles. The van der Waals surface area contributed by atoms with Crippen molar-refractivity contribution in [1.29, 1.82) is 0 Å². The van der Waals surface area contributed by atoms with Gasteiger partial charge in [-0.15, -0.1) is 0 Å². The molecule has 6 nitrogen and oxygen atoms in total. The zero-order valence-corrected chi connectivity index (χ0v) is 12.7. The Morgan fingerprint density at radius 1 is 1.26 bits per heavy atom. The van der Waals surface area contributed by atoms with Crippen LogP contribution in [0.25, 0.3) is 0 Å². The number of ether oxygens (including phenoxy) is 1. The van der Waals surface area contributed by atoms with E-state index in [-0.39, 0.29) is 24.1 Å². The number of fused-ring (bicyclic) bond motifs is 1. The first-order valence-corrected chi connectivity index (χ1v) is 7.43. The van der Waals surface area contributed by atoms with Crippen LogP contribution < -0.4 is 15.4 Å². The summed E-state index contributed by atoms with van der Waals surface area (Å²) in [6.07, 6.45) is -0.102. The summed E-state index contributed by atoms with van der Waals surface area (Å²) in [6.45, 7) is 1.77. The number of Topliss-reactive ketones (excluding diaryl/α,β-unsaturated/α-hetero) is 1. The Labute approximate surface area is 133 Å². The number of nitrogens with two attached hydrogens (primary N) is 1. The highest BCUT2D eigenvalue weighted by Gasteiger charge is 2.35. The maximum absolute atomic E-state index is 12.6. The first-order chi connectivity index (χ1) is 11.1. The van der Waals surface area contributed by atoms with Crippen LogP contribution in [0.15, 0.2) is 42.5 Å². The van der Waals surface area contributed by atoms with E-state index in [0.29, 0.717) is 23.6 Å². The summed E-state index contributed by atoms with van der Waals surface area (Å²) < 4.78 is 5.65. The summed E-state index contributed by atoms with van der Waals surface area (Å²) in [5, 5.41) is 0. The molecule has 0 fully saturated rings. The number of hydrogen-bond donors (Lipinski definition) is 1. The van der Waals surface area contributed by atoms with Crippen LogP contribution in [-0.4, -0.2) is 29.3 Å². The standard InChI is InChI=1S/C17H17N3O3/c1-2-13-17(22)20(10-12(21)11-6-4-3-5-7-11)16-14(23-13)8-9-15(18)19-16/h3-9,13H,2,10H2,1H3,(H2,18,19). The molecule has 0 saturated carbocycles. The molecule has 2 N–H and O–H groups in total. The Morgan fingerprint density at radius 2 is 2.00 bits per heavy atom. The lowest BCUT2D eigenvalue weighted by atomic mass is 10.1. The fourth-order valence-corrected chi connectivity index (χ4v) is 2.49. The molecule has 6 heteroatoms. The van der Waals surface area contributed by atoms with Gasteiger partial charge in [-0.3, -0.25) is 14.5 Å². The largest absolute Gasteiger partial charge is 0.477 e. The monoisotopic (exact) mass is 311 g/mol. The van der Waals surface area contributed by atoms with Gasteiger partial charge < -0.3 is 10.5 Å². The number of pyridine rings is 1. The molecule has 23 heavy (non-hydrogen) atoms. The molecule has 1 aliphatic rings. The Balaban J connectivity index is 1.95. The van der Waals surface area contributed by atoms with E-state index in [1.807, 2.05) is 13.0 Å². The second-order valence-electron chi connectivity index (χ2n) is 5.29. The number of amides is 1. The van der Waals surface area contributed by atoms with Gasteiger partial charge in [-0.25, -0.2) is 4.98 Å². The van der Waals surface area contributed by atoms with Gasteiger partial charge in [0.15, 0.2) is 23.5 Å². The third kappa shape index (κ3) is 2.88. The van der Waals surface area contributed by atoms with E-state index < -0.39 is 6.10 Å². The lowest BCUT2D eigenvalue weighted by Crippen LogP contribution is -2.48.